The molecule has 170 valence electrons. The van der Waals surface area contributed by atoms with Crippen molar-refractivity contribution in [3.63, 3.8) is 0 Å². The van der Waals surface area contributed by atoms with E-state index in [-0.39, 0.29) is 23.2 Å². The van der Waals surface area contributed by atoms with Crippen LogP contribution in [0.3, 0.4) is 0 Å². The van der Waals surface area contributed by atoms with Gasteiger partial charge < -0.3 is 15.3 Å². The van der Waals surface area contributed by atoms with Gasteiger partial charge in [-0.1, -0.05) is 71.9 Å². The lowest BCUT2D eigenvalue weighted by molar-refractivity contribution is 0.460. The molecule has 0 radical (unpaired) electrons. The Morgan fingerprint density at radius 1 is 0.531 bits per heavy atom. The molecule has 0 unspecified atom stereocenters. The van der Waals surface area contributed by atoms with Gasteiger partial charge in [-0.2, -0.15) is 0 Å². The van der Waals surface area contributed by atoms with Crippen molar-refractivity contribution in [3.8, 4) is 17.2 Å². The van der Waals surface area contributed by atoms with Gasteiger partial charge in [-0.3, -0.25) is 0 Å². The van der Waals surface area contributed by atoms with Crippen molar-refractivity contribution in [2.24, 2.45) is 0 Å². The molecule has 3 aromatic carbocycles. The van der Waals surface area contributed by atoms with Crippen molar-refractivity contribution < 1.29 is 15.3 Å². The normalized spacial score (nSPS) is 11.7. The van der Waals surface area contributed by atoms with Crippen LogP contribution in [0.4, 0.5) is 0 Å². The summed E-state index contributed by atoms with van der Waals surface area (Å²) in [6.45, 7) is 12.8. The average Bonchev–Trinajstić information content (AvgIpc) is 2.72. The van der Waals surface area contributed by atoms with E-state index in [1.165, 1.54) is 5.56 Å². The summed E-state index contributed by atoms with van der Waals surface area (Å²) in [6.07, 6.45) is 0.951. The minimum Gasteiger partial charge on any atom is -0.508 e. The van der Waals surface area contributed by atoms with Gasteiger partial charge in [-0.25, -0.2) is 0 Å². The molecule has 3 aromatic rings. The van der Waals surface area contributed by atoms with Gasteiger partial charge >= 0.3 is 0 Å². The predicted octanol–water partition coefficient (Wildman–Crippen LogP) is 7.36. The number of hydrogen-bond donors (Lipinski definition) is 3. The number of rotatable bonds is 7. The molecule has 0 aliphatic rings. The van der Waals surface area contributed by atoms with Gasteiger partial charge in [0.2, 0.25) is 0 Å². The van der Waals surface area contributed by atoms with Crippen LogP contribution in [0.15, 0.2) is 48.5 Å². The van der Waals surface area contributed by atoms with Gasteiger partial charge in [0.05, 0.1) is 0 Å². The van der Waals surface area contributed by atoms with Crippen LogP contribution in [0.2, 0.25) is 0 Å². The van der Waals surface area contributed by atoms with Crippen LogP contribution in [0, 0.1) is 0 Å². The Bertz CT molecular complexity index is 1090. The zero-order valence-corrected chi connectivity index (χ0v) is 20.1. The summed E-state index contributed by atoms with van der Waals surface area (Å²) in [6, 6.07) is 15.2. The third-order valence-corrected chi connectivity index (χ3v) is 6.34. The molecule has 0 atom stereocenters. The molecule has 3 nitrogen and oxygen atoms in total. The van der Waals surface area contributed by atoms with Crippen LogP contribution in [0.1, 0.15) is 98.2 Å². The second-order valence-electron chi connectivity index (χ2n) is 9.72. The molecule has 0 bridgehead atoms. The molecule has 0 aliphatic heterocycles. The van der Waals surface area contributed by atoms with Crippen molar-refractivity contribution in [1.29, 1.82) is 0 Å². The molecule has 0 spiro atoms. The van der Waals surface area contributed by atoms with Crippen LogP contribution in [-0.4, -0.2) is 15.3 Å². The molecule has 32 heavy (non-hydrogen) atoms. The van der Waals surface area contributed by atoms with Gasteiger partial charge in [-0.05, 0) is 69.3 Å². The first-order valence-corrected chi connectivity index (χ1v) is 11.6. The molecule has 0 amide bonds. The van der Waals surface area contributed by atoms with Gasteiger partial charge in [0, 0.05) is 18.4 Å². The topological polar surface area (TPSA) is 60.7 Å². The molecule has 0 saturated heterocycles. The Labute approximate surface area is 192 Å². The summed E-state index contributed by atoms with van der Waals surface area (Å²) < 4.78 is 0. The van der Waals surface area contributed by atoms with E-state index in [1.807, 2.05) is 24.3 Å². The van der Waals surface area contributed by atoms with Gasteiger partial charge in [0.15, 0.2) is 0 Å². The van der Waals surface area contributed by atoms with E-state index in [1.54, 1.807) is 18.2 Å². The number of benzene rings is 3. The van der Waals surface area contributed by atoms with E-state index in [0.717, 1.165) is 33.4 Å². The zero-order chi connectivity index (χ0) is 23.6. The maximum atomic E-state index is 10.9. The molecule has 0 aliphatic carbocycles. The smallest absolute Gasteiger partial charge is 0.119 e. The average molecular weight is 433 g/mol. The first-order valence-electron chi connectivity index (χ1n) is 11.6. The summed E-state index contributed by atoms with van der Waals surface area (Å²) in [5.41, 5.74) is 6.95. The van der Waals surface area contributed by atoms with Crippen molar-refractivity contribution >= 4 is 0 Å². The van der Waals surface area contributed by atoms with E-state index in [9.17, 15) is 15.3 Å². The number of hydrogen-bond acceptors (Lipinski definition) is 3. The summed E-state index contributed by atoms with van der Waals surface area (Å²) in [5.74, 6) is 1.69. The van der Waals surface area contributed by atoms with Crippen LogP contribution >= 0.6 is 0 Å². The van der Waals surface area contributed by atoms with E-state index in [2.05, 4.69) is 47.6 Å². The van der Waals surface area contributed by atoms with Gasteiger partial charge in [0.25, 0.3) is 0 Å². The highest BCUT2D eigenvalue weighted by molar-refractivity contribution is 5.53. The van der Waals surface area contributed by atoms with Crippen LogP contribution < -0.4 is 0 Å². The number of aromatic hydroxyl groups is 3. The number of phenolic OH excluding ortho intramolecular Hbond substituents is 3. The Hall–Kier alpha value is -2.94. The Morgan fingerprint density at radius 3 is 1.41 bits per heavy atom. The lowest BCUT2D eigenvalue weighted by atomic mass is 9.85. The van der Waals surface area contributed by atoms with E-state index < -0.39 is 0 Å². The van der Waals surface area contributed by atoms with E-state index in [4.69, 9.17) is 0 Å². The molecule has 0 saturated carbocycles. The molecule has 0 aromatic heterocycles. The summed E-state index contributed by atoms with van der Waals surface area (Å²) in [7, 11) is 0. The first-order chi connectivity index (χ1) is 15.1. The molecular weight excluding hydrogens is 396 g/mol. The third kappa shape index (κ3) is 5.09. The quantitative estimate of drug-likeness (QED) is 0.366. The monoisotopic (exact) mass is 432 g/mol. The van der Waals surface area contributed by atoms with E-state index in [0.29, 0.717) is 24.7 Å². The van der Waals surface area contributed by atoms with Gasteiger partial charge in [0.1, 0.15) is 17.2 Å². The summed E-state index contributed by atoms with van der Waals surface area (Å²) in [5, 5.41) is 32.0. The van der Waals surface area contributed by atoms with Gasteiger partial charge in [-0.15, -0.1) is 0 Å². The lowest BCUT2D eigenvalue weighted by Crippen LogP contribution is -2.06. The maximum Gasteiger partial charge on any atom is 0.119 e. The summed E-state index contributed by atoms with van der Waals surface area (Å²) in [4.78, 5) is 0. The molecular formula is C29H36O3. The van der Waals surface area contributed by atoms with Crippen molar-refractivity contribution in [3.05, 3.63) is 87.5 Å². The molecule has 3 N–H and O–H groups in total. The lowest BCUT2D eigenvalue weighted by Gasteiger charge is -2.21. The van der Waals surface area contributed by atoms with Crippen LogP contribution in [0.25, 0.3) is 0 Å². The second-order valence-corrected chi connectivity index (χ2v) is 9.72. The zero-order valence-electron chi connectivity index (χ0n) is 20.1. The van der Waals surface area contributed by atoms with Crippen LogP contribution in [-0.2, 0) is 12.8 Å². The second kappa shape index (κ2) is 9.68. The molecule has 3 rings (SSSR count). The first kappa shape index (κ1) is 23.7. The van der Waals surface area contributed by atoms with Crippen LogP contribution in [0.5, 0.6) is 17.2 Å². The van der Waals surface area contributed by atoms with Crippen molar-refractivity contribution in [2.75, 3.05) is 0 Å². The Morgan fingerprint density at radius 2 is 0.969 bits per heavy atom. The fraction of sp³-hybridized carbons (Fsp3) is 0.379. The SMILES string of the molecule is CC(C)c1ccc(O)c(Cc2c(O)ccc(C(C)C)c2Cc2cc(C(C)C)ccc2O)c1. The number of phenols is 3. The summed E-state index contributed by atoms with van der Waals surface area (Å²) >= 11 is 0. The minimum atomic E-state index is 0.221. The highest BCUT2D eigenvalue weighted by Crippen LogP contribution is 2.36. The predicted molar refractivity (Wildman–Crippen MR) is 132 cm³/mol. The Balaban J connectivity index is 2.14. The third-order valence-electron chi connectivity index (χ3n) is 6.34. The molecule has 3 heteroatoms. The highest BCUT2D eigenvalue weighted by atomic mass is 16.3. The van der Waals surface area contributed by atoms with Crippen molar-refractivity contribution in [1.82, 2.24) is 0 Å². The largest absolute Gasteiger partial charge is 0.508 e. The minimum absolute atomic E-state index is 0.221. The fourth-order valence-electron chi connectivity index (χ4n) is 4.24. The van der Waals surface area contributed by atoms with Crippen molar-refractivity contribution in [2.45, 2.75) is 72.1 Å². The molecule has 0 fully saturated rings. The van der Waals surface area contributed by atoms with E-state index >= 15 is 0 Å². The fourth-order valence-corrected chi connectivity index (χ4v) is 4.24. The molecule has 0 heterocycles. The highest BCUT2D eigenvalue weighted by Gasteiger charge is 2.19. The standard InChI is InChI=1S/C29H36O3/c1-17(2)20-7-10-27(30)22(13-20)15-25-24(19(5)6)9-12-29(32)26(25)16-23-14-21(18(3)4)8-11-28(23)31/h7-14,17-19,30-32H,15-16H2,1-6H3. The maximum absolute atomic E-state index is 10.9. The Kier molecular flexibility index (Phi) is 7.18.